The highest BCUT2D eigenvalue weighted by molar-refractivity contribution is 5.89. The summed E-state index contributed by atoms with van der Waals surface area (Å²) in [5, 5.41) is 2.69. The lowest BCUT2D eigenvalue weighted by atomic mass is 10.2. The first-order valence-corrected chi connectivity index (χ1v) is 8.17. The zero-order valence-electron chi connectivity index (χ0n) is 14.6. The number of nitrogens with one attached hydrogen (secondary N) is 1. The third-order valence-corrected chi connectivity index (χ3v) is 3.73. The number of benzene rings is 1. The Balaban J connectivity index is 1.57. The molecule has 1 aromatic carbocycles. The lowest BCUT2D eigenvalue weighted by Gasteiger charge is -2.02. The number of pyridine rings is 1. The van der Waals surface area contributed by atoms with Crippen LogP contribution in [0.25, 0.3) is 11.7 Å². The molecule has 0 saturated carbocycles. The summed E-state index contributed by atoms with van der Waals surface area (Å²) < 4.78 is 7.14. The molecular formula is C20H19N3O3. The van der Waals surface area contributed by atoms with Gasteiger partial charge in [-0.1, -0.05) is 18.2 Å². The number of aryl methyl sites for hydroxylation is 1. The van der Waals surface area contributed by atoms with E-state index in [0.29, 0.717) is 11.4 Å². The quantitative estimate of drug-likeness (QED) is 0.566. The highest BCUT2D eigenvalue weighted by Gasteiger charge is 2.05. The Hall–Kier alpha value is -3.41. The zero-order chi connectivity index (χ0) is 18.5. The first-order chi connectivity index (χ1) is 12.5. The van der Waals surface area contributed by atoms with Crippen molar-refractivity contribution in [2.24, 2.45) is 0 Å². The molecule has 0 bridgehead atoms. The number of fused-ring (bicyclic) bond motifs is 1. The van der Waals surface area contributed by atoms with E-state index in [0.717, 1.165) is 16.8 Å². The van der Waals surface area contributed by atoms with Gasteiger partial charge in [0.25, 0.3) is 0 Å². The molecule has 0 unspecified atom stereocenters. The summed E-state index contributed by atoms with van der Waals surface area (Å²) in [4.78, 5) is 27.3. The van der Waals surface area contributed by atoms with Gasteiger partial charge in [0, 0.05) is 31.1 Å². The maximum Gasteiger partial charge on any atom is 0.331 e. The van der Waals surface area contributed by atoms with Crippen molar-refractivity contribution in [2.45, 2.75) is 20.5 Å². The fraction of sp³-hybridized carbons (Fsp3) is 0.150. The number of ether oxygens (including phenoxy) is 1. The normalized spacial score (nSPS) is 11.0. The third-order valence-electron chi connectivity index (χ3n) is 3.73. The number of nitrogens with zero attached hydrogens (tertiary/aromatic N) is 2. The van der Waals surface area contributed by atoms with Gasteiger partial charge >= 0.3 is 5.97 Å². The van der Waals surface area contributed by atoms with Crippen molar-refractivity contribution >= 4 is 29.3 Å². The van der Waals surface area contributed by atoms with Crippen LogP contribution in [0.15, 0.2) is 54.9 Å². The number of amides is 1. The number of carbonyl (C=O) groups is 2. The standard InChI is InChI=1S/C20H19N3O3/c1-14-4-3-11-23-12-18(22-20(14)23)13-26-19(25)10-7-16-5-8-17(9-6-16)21-15(2)24/h3-12H,13H2,1-2H3,(H,21,24)/b10-7+. The molecular weight excluding hydrogens is 330 g/mol. The number of aromatic nitrogens is 2. The molecule has 0 aliphatic heterocycles. The van der Waals surface area contributed by atoms with Gasteiger partial charge in [0.1, 0.15) is 12.3 Å². The third kappa shape index (κ3) is 4.36. The zero-order valence-corrected chi connectivity index (χ0v) is 14.6. The summed E-state index contributed by atoms with van der Waals surface area (Å²) in [6, 6.07) is 11.1. The summed E-state index contributed by atoms with van der Waals surface area (Å²) in [6.07, 6.45) is 6.79. The molecule has 3 rings (SSSR count). The predicted octanol–water partition coefficient (Wildman–Crippen LogP) is 3.36. The van der Waals surface area contributed by atoms with Crippen LogP contribution in [0, 0.1) is 6.92 Å². The summed E-state index contributed by atoms with van der Waals surface area (Å²) >= 11 is 0. The molecule has 26 heavy (non-hydrogen) atoms. The Labute approximate surface area is 151 Å². The van der Waals surface area contributed by atoms with Crippen molar-refractivity contribution in [3.8, 4) is 0 Å². The van der Waals surface area contributed by atoms with Crippen LogP contribution in [0.4, 0.5) is 5.69 Å². The van der Waals surface area contributed by atoms with Gasteiger partial charge in [-0.15, -0.1) is 0 Å². The molecule has 0 aliphatic carbocycles. The fourth-order valence-corrected chi connectivity index (χ4v) is 2.51. The minimum Gasteiger partial charge on any atom is -0.456 e. The number of anilines is 1. The second kappa shape index (κ2) is 7.65. The Morgan fingerprint density at radius 3 is 2.69 bits per heavy atom. The van der Waals surface area contributed by atoms with Gasteiger partial charge in [-0.25, -0.2) is 9.78 Å². The van der Waals surface area contributed by atoms with E-state index < -0.39 is 5.97 Å². The van der Waals surface area contributed by atoms with Crippen LogP contribution in [0.5, 0.6) is 0 Å². The highest BCUT2D eigenvalue weighted by Crippen LogP contribution is 2.12. The van der Waals surface area contributed by atoms with E-state index in [1.165, 1.54) is 13.0 Å². The van der Waals surface area contributed by atoms with Crippen LogP contribution in [0.3, 0.4) is 0 Å². The van der Waals surface area contributed by atoms with Gasteiger partial charge in [0.15, 0.2) is 0 Å². The molecule has 2 heterocycles. The molecule has 6 heteroatoms. The van der Waals surface area contributed by atoms with Crippen LogP contribution < -0.4 is 5.32 Å². The van der Waals surface area contributed by atoms with Crippen molar-refractivity contribution in [3.63, 3.8) is 0 Å². The molecule has 0 spiro atoms. The molecule has 132 valence electrons. The van der Waals surface area contributed by atoms with E-state index in [2.05, 4.69) is 10.3 Å². The van der Waals surface area contributed by atoms with Crippen molar-refractivity contribution in [3.05, 3.63) is 71.7 Å². The topological polar surface area (TPSA) is 72.7 Å². The summed E-state index contributed by atoms with van der Waals surface area (Å²) in [7, 11) is 0. The largest absolute Gasteiger partial charge is 0.456 e. The molecule has 1 amide bonds. The first kappa shape index (κ1) is 17.4. The van der Waals surface area contributed by atoms with E-state index >= 15 is 0 Å². The van der Waals surface area contributed by atoms with Crippen LogP contribution in [-0.4, -0.2) is 21.3 Å². The number of esters is 1. The van der Waals surface area contributed by atoms with Gasteiger partial charge in [-0.2, -0.15) is 0 Å². The lowest BCUT2D eigenvalue weighted by Crippen LogP contribution is -2.05. The van der Waals surface area contributed by atoms with Crippen LogP contribution in [0.1, 0.15) is 23.7 Å². The second-order valence-electron chi connectivity index (χ2n) is 5.90. The number of hydrogen-bond donors (Lipinski definition) is 1. The summed E-state index contributed by atoms with van der Waals surface area (Å²) in [5.41, 5.74) is 4.15. The van der Waals surface area contributed by atoms with Crippen molar-refractivity contribution in [2.75, 3.05) is 5.32 Å². The van der Waals surface area contributed by atoms with E-state index in [1.807, 2.05) is 35.9 Å². The molecule has 2 aromatic heterocycles. The average molecular weight is 349 g/mol. The number of hydrogen-bond acceptors (Lipinski definition) is 4. The molecule has 0 fully saturated rings. The summed E-state index contributed by atoms with van der Waals surface area (Å²) in [6.45, 7) is 3.55. The van der Waals surface area contributed by atoms with Crippen molar-refractivity contribution < 1.29 is 14.3 Å². The summed E-state index contributed by atoms with van der Waals surface area (Å²) in [5.74, 6) is -0.566. The van der Waals surface area contributed by atoms with Crippen LogP contribution in [0.2, 0.25) is 0 Å². The van der Waals surface area contributed by atoms with E-state index in [-0.39, 0.29) is 12.5 Å². The van der Waals surface area contributed by atoms with E-state index in [9.17, 15) is 9.59 Å². The Morgan fingerprint density at radius 2 is 2.00 bits per heavy atom. The Kier molecular flexibility index (Phi) is 5.12. The van der Waals surface area contributed by atoms with Crippen LogP contribution >= 0.6 is 0 Å². The molecule has 0 aliphatic rings. The monoisotopic (exact) mass is 349 g/mol. The lowest BCUT2D eigenvalue weighted by molar-refractivity contribution is -0.139. The molecule has 0 radical (unpaired) electrons. The molecule has 1 N–H and O–H groups in total. The second-order valence-corrected chi connectivity index (χ2v) is 5.90. The smallest absolute Gasteiger partial charge is 0.331 e. The maximum absolute atomic E-state index is 11.9. The van der Waals surface area contributed by atoms with Crippen LogP contribution in [-0.2, 0) is 20.9 Å². The minimum absolute atomic E-state index is 0.117. The Morgan fingerprint density at radius 1 is 1.23 bits per heavy atom. The van der Waals surface area contributed by atoms with Gasteiger partial charge in [-0.05, 0) is 42.3 Å². The SMILES string of the molecule is CC(=O)Nc1ccc(/C=C/C(=O)OCc2cn3cccc(C)c3n2)cc1. The molecule has 3 aromatic rings. The van der Waals surface area contributed by atoms with Gasteiger partial charge in [0.05, 0.1) is 5.69 Å². The first-order valence-electron chi connectivity index (χ1n) is 8.17. The fourth-order valence-electron chi connectivity index (χ4n) is 2.51. The molecule has 0 atom stereocenters. The van der Waals surface area contributed by atoms with Gasteiger partial charge in [0.2, 0.25) is 5.91 Å². The van der Waals surface area contributed by atoms with E-state index in [1.54, 1.807) is 30.3 Å². The van der Waals surface area contributed by atoms with Gasteiger partial charge < -0.3 is 14.5 Å². The Bertz CT molecular complexity index is 972. The average Bonchev–Trinajstić information content (AvgIpc) is 3.03. The molecule has 0 saturated heterocycles. The van der Waals surface area contributed by atoms with Crippen molar-refractivity contribution in [1.82, 2.24) is 9.38 Å². The maximum atomic E-state index is 11.9. The number of imidazole rings is 1. The van der Waals surface area contributed by atoms with Gasteiger partial charge in [-0.3, -0.25) is 4.79 Å². The molecule has 6 nitrogen and oxygen atoms in total. The number of carbonyl (C=O) groups excluding carboxylic acids is 2. The van der Waals surface area contributed by atoms with E-state index in [4.69, 9.17) is 4.74 Å². The highest BCUT2D eigenvalue weighted by atomic mass is 16.5. The predicted molar refractivity (Wildman–Crippen MR) is 99.5 cm³/mol. The number of rotatable bonds is 5. The van der Waals surface area contributed by atoms with Crippen molar-refractivity contribution in [1.29, 1.82) is 0 Å². The minimum atomic E-state index is -0.440.